The first-order valence-corrected chi connectivity index (χ1v) is 5.76. The van der Waals surface area contributed by atoms with E-state index in [0.29, 0.717) is 17.7 Å². The molecular formula is C14H18N2O2. The van der Waals surface area contributed by atoms with E-state index < -0.39 is 5.60 Å². The van der Waals surface area contributed by atoms with E-state index in [0.717, 1.165) is 0 Å². The number of nitrogens with zero attached hydrogens (tertiary/aromatic N) is 2. The molecule has 96 valence electrons. The molecule has 0 aliphatic carbocycles. The minimum atomic E-state index is -0.820. The van der Waals surface area contributed by atoms with Crippen LogP contribution in [0.4, 0.5) is 0 Å². The Bertz CT molecular complexity index is 452. The summed E-state index contributed by atoms with van der Waals surface area (Å²) in [6, 6.07) is 8.57. The molecule has 1 aromatic rings. The number of nitriles is 1. The predicted octanol–water partition coefficient (Wildman–Crippen LogP) is 1.44. The summed E-state index contributed by atoms with van der Waals surface area (Å²) < 4.78 is 0. The van der Waals surface area contributed by atoms with E-state index in [1.807, 2.05) is 6.07 Å². The molecule has 4 nitrogen and oxygen atoms in total. The van der Waals surface area contributed by atoms with Crippen molar-refractivity contribution in [3.05, 3.63) is 35.4 Å². The number of carbonyl (C=O) groups excluding carboxylic acids is 1. The van der Waals surface area contributed by atoms with Gasteiger partial charge in [0.15, 0.2) is 5.78 Å². The normalized spacial score (nSPS) is 11.3. The van der Waals surface area contributed by atoms with Crippen LogP contribution in [0.1, 0.15) is 29.8 Å². The molecular weight excluding hydrogens is 228 g/mol. The van der Waals surface area contributed by atoms with Crippen LogP contribution in [0.3, 0.4) is 0 Å². The molecule has 0 saturated carbocycles. The molecule has 0 aliphatic rings. The highest BCUT2D eigenvalue weighted by atomic mass is 16.3. The first kappa shape index (κ1) is 14.4. The van der Waals surface area contributed by atoms with Crippen LogP contribution in [0.25, 0.3) is 0 Å². The summed E-state index contributed by atoms with van der Waals surface area (Å²) in [5.41, 5.74) is 0.299. The van der Waals surface area contributed by atoms with Crippen LogP contribution >= 0.6 is 0 Å². The van der Waals surface area contributed by atoms with Crippen molar-refractivity contribution >= 4 is 5.78 Å². The third-order valence-electron chi connectivity index (χ3n) is 2.41. The summed E-state index contributed by atoms with van der Waals surface area (Å²) >= 11 is 0. The maximum absolute atomic E-state index is 11.9. The first-order chi connectivity index (χ1) is 8.31. The van der Waals surface area contributed by atoms with Gasteiger partial charge in [-0.05, 0) is 33.0 Å². The molecule has 4 heteroatoms. The first-order valence-electron chi connectivity index (χ1n) is 5.76. The van der Waals surface area contributed by atoms with Crippen molar-refractivity contribution in [2.45, 2.75) is 19.4 Å². The quantitative estimate of drug-likeness (QED) is 0.798. The van der Waals surface area contributed by atoms with Crippen LogP contribution in [0, 0.1) is 11.3 Å². The number of ketones is 1. The van der Waals surface area contributed by atoms with Crippen molar-refractivity contribution in [1.82, 2.24) is 4.90 Å². The highest BCUT2D eigenvalue weighted by Gasteiger charge is 2.17. The standard InChI is InChI=1S/C14H18N2O2/c1-14(2,18)10-16(3)9-13(17)12-6-4-11(8-15)5-7-12/h4-7,18H,9-10H2,1-3H3. The minimum Gasteiger partial charge on any atom is -0.389 e. The Morgan fingerprint density at radius 1 is 1.39 bits per heavy atom. The Morgan fingerprint density at radius 2 is 1.94 bits per heavy atom. The Labute approximate surface area is 107 Å². The lowest BCUT2D eigenvalue weighted by molar-refractivity contribution is 0.0439. The molecule has 0 saturated heterocycles. The Morgan fingerprint density at radius 3 is 2.39 bits per heavy atom. The predicted molar refractivity (Wildman–Crippen MR) is 69.3 cm³/mol. The van der Waals surface area contributed by atoms with Crippen LogP contribution in [-0.4, -0.2) is 41.5 Å². The molecule has 1 N–H and O–H groups in total. The SMILES string of the molecule is CN(CC(=O)c1ccc(C#N)cc1)CC(C)(C)O. The van der Waals surface area contributed by atoms with Gasteiger partial charge < -0.3 is 5.11 Å². The molecule has 0 bridgehead atoms. The summed E-state index contributed by atoms with van der Waals surface area (Å²) in [6.07, 6.45) is 0. The number of aliphatic hydroxyl groups is 1. The maximum Gasteiger partial charge on any atom is 0.176 e. The second kappa shape index (κ2) is 5.76. The van der Waals surface area contributed by atoms with E-state index in [1.54, 1.807) is 50.1 Å². The average molecular weight is 246 g/mol. The third kappa shape index (κ3) is 4.66. The van der Waals surface area contributed by atoms with Crippen LogP contribution in [-0.2, 0) is 0 Å². The number of hydrogen-bond donors (Lipinski definition) is 1. The summed E-state index contributed by atoms with van der Waals surface area (Å²) in [5, 5.41) is 18.3. The monoisotopic (exact) mass is 246 g/mol. The zero-order valence-corrected chi connectivity index (χ0v) is 11.0. The minimum absolute atomic E-state index is 0.0220. The van der Waals surface area contributed by atoms with E-state index in [1.165, 1.54) is 0 Å². The van der Waals surface area contributed by atoms with Gasteiger partial charge in [0.1, 0.15) is 0 Å². The largest absolute Gasteiger partial charge is 0.389 e. The number of carbonyl (C=O) groups is 1. The molecule has 0 aliphatic heterocycles. The molecule has 0 spiro atoms. The van der Waals surface area contributed by atoms with Crippen molar-refractivity contribution in [1.29, 1.82) is 5.26 Å². The number of likely N-dealkylation sites (N-methyl/N-ethyl adjacent to an activating group) is 1. The van der Waals surface area contributed by atoms with Gasteiger partial charge in [-0.2, -0.15) is 5.26 Å². The average Bonchev–Trinajstić information content (AvgIpc) is 2.26. The van der Waals surface area contributed by atoms with Crippen molar-refractivity contribution < 1.29 is 9.90 Å². The molecule has 1 rings (SSSR count). The zero-order valence-electron chi connectivity index (χ0n) is 11.0. The smallest absolute Gasteiger partial charge is 0.176 e. The van der Waals surface area contributed by atoms with E-state index in [-0.39, 0.29) is 12.3 Å². The van der Waals surface area contributed by atoms with Gasteiger partial charge >= 0.3 is 0 Å². The fourth-order valence-electron chi connectivity index (χ4n) is 1.78. The van der Waals surface area contributed by atoms with Gasteiger partial charge in [0.2, 0.25) is 0 Å². The lowest BCUT2D eigenvalue weighted by atomic mass is 10.1. The number of Topliss-reactive ketones (excluding diaryl/α,β-unsaturated/α-hetero) is 1. The highest BCUT2D eigenvalue weighted by molar-refractivity contribution is 5.97. The Kier molecular flexibility index (Phi) is 4.60. The molecule has 0 aromatic heterocycles. The van der Waals surface area contributed by atoms with Gasteiger partial charge in [-0.25, -0.2) is 0 Å². The number of hydrogen-bond acceptors (Lipinski definition) is 4. The molecule has 0 unspecified atom stereocenters. The van der Waals surface area contributed by atoms with Crippen molar-refractivity contribution in [3.63, 3.8) is 0 Å². The van der Waals surface area contributed by atoms with Gasteiger partial charge in [-0.3, -0.25) is 9.69 Å². The zero-order chi connectivity index (χ0) is 13.8. The second-order valence-corrected chi connectivity index (χ2v) is 5.10. The second-order valence-electron chi connectivity index (χ2n) is 5.10. The van der Waals surface area contributed by atoms with Crippen LogP contribution in [0.15, 0.2) is 24.3 Å². The summed E-state index contributed by atoms with van der Waals surface area (Å²) in [5.74, 6) is -0.0220. The molecule has 0 atom stereocenters. The van der Waals surface area contributed by atoms with Gasteiger partial charge in [-0.1, -0.05) is 12.1 Å². The van der Waals surface area contributed by atoms with E-state index >= 15 is 0 Å². The van der Waals surface area contributed by atoms with E-state index in [9.17, 15) is 9.90 Å². The number of benzene rings is 1. The Hall–Kier alpha value is -1.70. The molecule has 0 heterocycles. The van der Waals surface area contributed by atoms with Crippen LogP contribution < -0.4 is 0 Å². The van der Waals surface area contributed by atoms with Crippen molar-refractivity contribution in [2.75, 3.05) is 20.1 Å². The van der Waals surface area contributed by atoms with Gasteiger partial charge in [0.25, 0.3) is 0 Å². The summed E-state index contributed by atoms with van der Waals surface area (Å²) in [7, 11) is 1.79. The molecule has 0 radical (unpaired) electrons. The topological polar surface area (TPSA) is 64.3 Å². The fourth-order valence-corrected chi connectivity index (χ4v) is 1.78. The highest BCUT2D eigenvalue weighted by Crippen LogP contribution is 2.07. The van der Waals surface area contributed by atoms with Crippen LogP contribution in [0.5, 0.6) is 0 Å². The summed E-state index contributed by atoms with van der Waals surface area (Å²) in [4.78, 5) is 13.7. The lowest BCUT2D eigenvalue weighted by Gasteiger charge is -2.24. The van der Waals surface area contributed by atoms with Crippen LogP contribution in [0.2, 0.25) is 0 Å². The maximum atomic E-state index is 11.9. The van der Waals surface area contributed by atoms with Gasteiger partial charge in [0, 0.05) is 12.1 Å². The third-order valence-corrected chi connectivity index (χ3v) is 2.41. The van der Waals surface area contributed by atoms with Gasteiger partial charge in [-0.15, -0.1) is 0 Å². The molecule has 0 fully saturated rings. The van der Waals surface area contributed by atoms with E-state index in [2.05, 4.69) is 0 Å². The van der Waals surface area contributed by atoms with Crippen molar-refractivity contribution in [3.8, 4) is 6.07 Å². The molecule has 1 aromatic carbocycles. The Balaban J connectivity index is 2.62. The molecule has 0 amide bonds. The van der Waals surface area contributed by atoms with Crippen molar-refractivity contribution in [2.24, 2.45) is 0 Å². The summed E-state index contributed by atoms with van der Waals surface area (Å²) in [6.45, 7) is 4.08. The number of rotatable bonds is 5. The molecule has 18 heavy (non-hydrogen) atoms. The fraction of sp³-hybridized carbons (Fsp3) is 0.429. The lowest BCUT2D eigenvalue weighted by Crippen LogP contribution is -2.38. The van der Waals surface area contributed by atoms with Gasteiger partial charge in [0.05, 0.1) is 23.8 Å². The van der Waals surface area contributed by atoms with E-state index in [4.69, 9.17) is 5.26 Å².